The van der Waals surface area contributed by atoms with E-state index in [9.17, 15) is 4.79 Å². The van der Waals surface area contributed by atoms with Crippen LogP contribution < -0.4 is 0 Å². The zero-order valence-corrected chi connectivity index (χ0v) is 9.70. The summed E-state index contributed by atoms with van der Waals surface area (Å²) in [5.41, 5.74) is 0.261. The van der Waals surface area contributed by atoms with Crippen LogP contribution >= 0.6 is 39.1 Å². The van der Waals surface area contributed by atoms with Crippen molar-refractivity contribution in [2.45, 2.75) is 0 Å². The second-order valence-corrected chi connectivity index (χ2v) is 3.82. The lowest BCUT2D eigenvalue weighted by Crippen LogP contribution is -2.02. The molecule has 1 aromatic carbocycles. The van der Waals surface area contributed by atoms with Crippen molar-refractivity contribution in [3.63, 3.8) is 0 Å². The molecule has 1 rings (SSSR count). The number of carbonyl (C=O) groups is 1. The van der Waals surface area contributed by atoms with E-state index in [1.807, 2.05) is 0 Å². The van der Waals surface area contributed by atoms with Gasteiger partial charge in [0.2, 0.25) is 0 Å². The minimum Gasteiger partial charge on any atom is -0.465 e. The minimum absolute atomic E-state index is 0.197. The Bertz CT molecular complexity index is 352. The second kappa shape index (κ2) is 4.31. The van der Waals surface area contributed by atoms with Crippen LogP contribution in [0.15, 0.2) is 16.6 Å². The van der Waals surface area contributed by atoms with Crippen molar-refractivity contribution < 1.29 is 9.53 Å². The molecule has 0 radical (unpaired) electrons. The number of carbonyl (C=O) groups excluding carboxylic acids is 1. The average molecular weight is 284 g/mol. The van der Waals surface area contributed by atoms with E-state index in [0.717, 1.165) is 0 Å². The number of methoxy groups -OCH3 is 1. The predicted molar refractivity (Wildman–Crippen MR) is 55.5 cm³/mol. The molecule has 2 nitrogen and oxygen atoms in total. The van der Waals surface area contributed by atoms with Crippen molar-refractivity contribution >= 4 is 45.1 Å². The smallest absolute Gasteiger partial charge is 0.339 e. The van der Waals surface area contributed by atoms with E-state index in [-0.39, 0.29) is 10.6 Å². The Morgan fingerprint density at radius 3 is 2.54 bits per heavy atom. The lowest BCUT2D eigenvalue weighted by molar-refractivity contribution is 0.0601. The highest BCUT2D eigenvalue weighted by Crippen LogP contribution is 2.33. The van der Waals surface area contributed by atoms with Gasteiger partial charge in [-0.3, -0.25) is 0 Å². The van der Waals surface area contributed by atoms with Gasteiger partial charge >= 0.3 is 5.97 Å². The molecule has 0 atom stereocenters. The van der Waals surface area contributed by atoms with Gasteiger partial charge in [0.05, 0.1) is 22.7 Å². The lowest BCUT2D eigenvalue weighted by Gasteiger charge is -2.04. The van der Waals surface area contributed by atoms with Crippen LogP contribution in [0.2, 0.25) is 10.0 Å². The van der Waals surface area contributed by atoms with E-state index in [0.29, 0.717) is 9.50 Å². The highest BCUT2D eigenvalue weighted by atomic mass is 79.9. The molecule has 0 aliphatic rings. The van der Waals surface area contributed by atoms with Gasteiger partial charge in [0.15, 0.2) is 0 Å². The highest BCUT2D eigenvalue weighted by molar-refractivity contribution is 9.10. The number of hydrogen-bond donors (Lipinski definition) is 0. The molecule has 0 saturated carbocycles. The van der Waals surface area contributed by atoms with Crippen LogP contribution in [0.5, 0.6) is 0 Å². The molecule has 0 aliphatic heterocycles. The van der Waals surface area contributed by atoms with Gasteiger partial charge in [-0.2, -0.15) is 0 Å². The number of benzene rings is 1. The van der Waals surface area contributed by atoms with Crippen LogP contribution in [0.25, 0.3) is 0 Å². The fourth-order valence-electron chi connectivity index (χ4n) is 0.794. The molecular weight excluding hydrogens is 279 g/mol. The van der Waals surface area contributed by atoms with Crippen molar-refractivity contribution in [2.75, 3.05) is 7.11 Å². The van der Waals surface area contributed by atoms with Gasteiger partial charge in [-0.1, -0.05) is 23.2 Å². The first-order valence-electron chi connectivity index (χ1n) is 3.29. The van der Waals surface area contributed by atoms with Gasteiger partial charge < -0.3 is 4.74 Å². The Balaban J connectivity index is 3.26. The lowest BCUT2D eigenvalue weighted by atomic mass is 10.2. The van der Waals surface area contributed by atoms with Crippen molar-refractivity contribution in [1.82, 2.24) is 0 Å². The highest BCUT2D eigenvalue weighted by Gasteiger charge is 2.14. The summed E-state index contributed by atoms with van der Waals surface area (Å²) in [5.74, 6) is -0.501. The monoisotopic (exact) mass is 282 g/mol. The fourth-order valence-corrected chi connectivity index (χ4v) is 1.64. The molecule has 0 N–H and O–H groups in total. The van der Waals surface area contributed by atoms with Crippen molar-refractivity contribution in [3.05, 3.63) is 32.2 Å². The number of esters is 1. The maximum atomic E-state index is 11.1. The number of ether oxygens (including phenoxy) is 1. The summed E-state index contributed by atoms with van der Waals surface area (Å²) in [7, 11) is 1.29. The third kappa shape index (κ3) is 2.16. The predicted octanol–water partition coefficient (Wildman–Crippen LogP) is 3.54. The van der Waals surface area contributed by atoms with Gasteiger partial charge in [0.25, 0.3) is 0 Å². The van der Waals surface area contributed by atoms with Crippen LogP contribution in [0.3, 0.4) is 0 Å². The van der Waals surface area contributed by atoms with Crippen LogP contribution in [0.1, 0.15) is 10.4 Å². The van der Waals surface area contributed by atoms with Gasteiger partial charge in [0.1, 0.15) is 0 Å². The van der Waals surface area contributed by atoms with E-state index in [1.54, 1.807) is 12.1 Å². The van der Waals surface area contributed by atoms with E-state index in [4.69, 9.17) is 23.2 Å². The van der Waals surface area contributed by atoms with E-state index in [2.05, 4.69) is 20.7 Å². The van der Waals surface area contributed by atoms with Gasteiger partial charge in [-0.05, 0) is 28.1 Å². The van der Waals surface area contributed by atoms with Crippen LogP contribution in [-0.2, 0) is 4.74 Å². The Morgan fingerprint density at radius 1 is 1.38 bits per heavy atom. The molecule has 13 heavy (non-hydrogen) atoms. The zero-order valence-electron chi connectivity index (χ0n) is 6.61. The number of halogens is 3. The molecule has 0 saturated heterocycles. The average Bonchev–Trinajstić information content (AvgIpc) is 2.13. The minimum atomic E-state index is -0.501. The van der Waals surface area contributed by atoms with Gasteiger partial charge in [-0.25, -0.2) is 4.79 Å². The maximum absolute atomic E-state index is 11.1. The Hall–Kier alpha value is -0.250. The largest absolute Gasteiger partial charge is 0.465 e. The second-order valence-electron chi connectivity index (χ2n) is 2.21. The maximum Gasteiger partial charge on any atom is 0.339 e. The molecule has 70 valence electrons. The quantitative estimate of drug-likeness (QED) is 0.582. The molecule has 1 aromatic rings. The molecular formula is C8H5BrCl2O2. The van der Waals surface area contributed by atoms with E-state index >= 15 is 0 Å². The normalized spacial score (nSPS) is 9.85. The topological polar surface area (TPSA) is 26.3 Å². The third-order valence-corrected chi connectivity index (χ3v) is 3.21. The molecule has 0 aliphatic carbocycles. The molecule has 0 bridgehead atoms. The fraction of sp³-hybridized carbons (Fsp3) is 0.125. The van der Waals surface area contributed by atoms with Gasteiger partial charge in [0, 0.05) is 4.47 Å². The standard InChI is InChI=1S/C8H5BrCl2O2/c1-13-8(12)4-2-3-5(9)7(11)6(4)10/h2-3H,1H3. The molecule has 0 fully saturated rings. The molecule has 0 spiro atoms. The molecule has 0 unspecified atom stereocenters. The molecule has 0 amide bonds. The Labute approximate surface area is 93.9 Å². The summed E-state index contributed by atoms with van der Waals surface area (Å²) in [4.78, 5) is 11.1. The summed E-state index contributed by atoms with van der Waals surface area (Å²) in [6, 6.07) is 3.19. The number of hydrogen-bond acceptors (Lipinski definition) is 2. The SMILES string of the molecule is COC(=O)c1ccc(Br)c(Cl)c1Cl. The van der Waals surface area contributed by atoms with Crippen molar-refractivity contribution in [1.29, 1.82) is 0 Å². The summed E-state index contributed by atoms with van der Waals surface area (Å²) >= 11 is 14.8. The van der Waals surface area contributed by atoms with E-state index < -0.39 is 5.97 Å². The van der Waals surface area contributed by atoms with Crippen LogP contribution in [0.4, 0.5) is 0 Å². The van der Waals surface area contributed by atoms with Crippen LogP contribution in [-0.4, -0.2) is 13.1 Å². The Morgan fingerprint density at radius 2 is 2.00 bits per heavy atom. The Kier molecular flexibility index (Phi) is 3.59. The molecule has 0 aromatic heterocycles. The first-order chi connectivity index (χ1) is 6.07. The summed E-state index contributed by atoms with van der Waals surface area (Å²) in [5, 5.41) is 0.507. The van der Waals surface area contributed by atoms with Crippen LogP contribution in [0, 0.1) is 0 Å². The summed E-state index contributed by atoms with van der Waals surface area (Å²) in [6.45, 7) is 0. The van der Waals surface area contributed by atoms with Gasteiger partial charge in [-0.15, -0.1) is 0 Å². The van der Waals surface area contributed by atoms with E-state index in [1.165, 1.54) is 7.11 Å². The first-order valence-corrected chi connectivity index (χ1v) is 4.84. The summed E-state index contributed by atoms with van der Waals surface area (Å²) < 4.78 is 5.16. The molecule has 0 heterocycles. The first kappa shape index (κ1) is 10.8. The molecule has 5 heteroatoms. The zero-order chi connectivity index (χ0) is 10.0. The van der Waals surface area contributed by atoms with Crippen molar-refractivity contribution in [3.8, 4) is 0 Å². The summed E-state index contributed by atoms with van der Waals surface area (Å²) in [6.07, 6.45) is 0. The third-order valence-electron chi connectivity index (χ3n) is 1.44. The number of rotatable bonds is 1. The van der Waals surface area contributed by atoms with Crippen molar-refractivity contribution in [2.24, 2.45) is 0 Å².